The molecule has 0 saturated carbocycles. The van der Waals surface area contributed by atoms with Crippen LogP contribution < -0.4 is 5.73 Å². The number of rotatable bonds is 3. The molecule has 2 aromatic rings. The summed E-state index contributed by atoms with van der Waals surface area (Å²) in [6.45, 7) is 6.46. The summed E-state index contributed by atoms with van der Waals surface area (Å²) in [5, 5.41) is 0.771. The molecule has 0 bridgehead atoms. The van der Waals surface area contributed by atoms with Crippen LogP contribution in [0.3, 0.4) is 0 Å². The molecule has 3 nitrogen and oxygen atoms in total. The van der Waals surface area contributed by atoms with Gasteiger partial charge < -0.3 is 10.2 Å². The molecule has 1 aromatic carbocycles. The number of nitrogens with zero attached hydrogens (tertiary/aromatic N) is 1. The van der Waals surface area contributed by atoms with Crippen molar-refractivity contribution in [1.82, 2.24) is 4.90 Å². The molecule has 4 heteroatoms. The second-order valence-corrected chi connectivity index (χ2v) is 6.16. The van der Waals surface area contributed by atoms with E-state index in [2.05, 4.69) is 18.7 Å². The van der Waals surface area contributed by atoms with Gasteiger partial charge in [-0.05, 0) is 64.0 Å². The monoisotopic (exact) mass is 276 g/mol. The highest BCUT2D eigenvalue weighted by Gasteiger charge is 2.37. The van der Waals surface area contributed by atoms with Gasteiger partial charge >= 0.3 is 0 Å². The van der Waals surface area contributed by atoms with Crippen molar-refractivity contribution in [2.75, 3.05) is 13.1 Å². The molecule has 1 atom stereocenters. The summed E-state index contributed by atoms with van der Waals surface area (Å²) in [7, 11) is 0. The minimum atomic E-state index is -0.253. The van der Waals surface area contributed by atoms with Crippen molar-refractivity contribution < 1.29 is 8.81 Å². The number of hydrogen-bond acceptors (Lipinski definition) is 3. The van der Waals surface area contributed by atoms with Gasteiger partial charge in [-0.25, -0.2) is 4.39 Å². The Labute approximate surface area is 118 Å². The summed E-state index contributed by atoms with van der Waals surface area (Å²) in [5.41, 5.74) is 6.95. The Kier molecular flexibility index (Phi) is 3.30. The number of hydrogen-bond donors (Lipinski definition) is 1. The first-order chi connectivity index (χ1) is 9.48. The second kappa shape index (κ2) is 4.86. The zero-order valence-electron chi connectivity index (χ0n) is 12.0. The zero-order chi connectivity index (χ0) is 14.3. The summed E-state index contributed by atoms with van der Waals surface area (Å²) >= 11 is 0. The highest BCUT2D eigenvalue weighted by Crippen LogP contribution is 2.34. The van der Waals surface area contributed by atoms with Crippen LogP contribution in [-0.2, 0) is 0 Å². The first-order valence-corrected chi connectivity index (χ1v) is 7.18. The predicted octanol–water partition coefficient (Wildman–Crippen LogP) is 3.45. The fraction of sp³-hybridized carbons (Fsp3) is 0.500. The van der Waals surface area contributed by atoms with Gasteiger partial charge in [0.1, 0.15) is 17.2 Å². The molecule has 1 aliphatic heterocycles. The maximum atomic E-state index is 13.2. The van der Waals surface area contributed by atoms with Crippen molar-refractivity contribution >= 4 is 11.0 Å². The van der Waals surface area contributed by atoms with Crippen LogP contribution in [0.5, 0.6) is 0 Å². The highest BCUT2D eigenvalue weighted by atomic mass is 19.1. The third-order valence-corrected chi connectivity index (χ3v) is 4.49. The maximum Gasteiger partial charge on any atom is 0.134 e. The smallest absolute Gasteiger partial charge is 0.134 e. The van der Waals surface area contributed by atoms with Gasteiger partial charge in [0.25, 0.3) is 0 Å². The summed E-state index contributed by atoms with van der Waals surface area (Å²) in [5.74, 6) is 0.472. The van der Waals surface area contributed by atoms with E-state index in [1.807, 2.05) is 6.07 Å². The second-order valence-electron chi connectivity index (χ2n) is 6.16. The lowest BCUT2D eigenvalue weighted by atomic mass is 9.91. The van der Waals surface area contributed by atoms with Crippen molar-refractivity contribution in [3.05, 3.63) is 35.8 Å². The van der Waals surface area contributed by atoms with Crippen LogP contribution in [0.15, 0.2) is 28.7 Å². The molecule has 1 unspecified atom stereocenters. The quantitative estimate of drug-likeness (QED) is 0.933. The Bertz CT molecular complexity index is 614. The third-order valence-electron chi connectivity index (χ3n) is 4.49. The van der Waals surface area contributed by atoms with Gasteiger partial charge in [0.15, 0.2) is 0 Å². The number of fused-ring (bicyclic) bond motifs is 1. The number of nitrogens with two attached hydrogens (primary N) is 1. The fourth-order valence-electron chi connectivity index (χ4n) is 3.03. The van der Waals surface area contributed by atoms with E-state index in [9.17, 15) is 4.39 Å². The molecule has 1 saturated heterocycles. The predicted molar refractivity (Wildman–Crippen MR) is 78.0 cm³/mol. The molecule has 1 aromatic heterocycles. The Morgan fingerprint density at radius 3 is 2.65 bits per heavy atom. The van der Waals surface area contributed by atoms with Crippen LogP contribution in [0.25, 0.3) is 11.0 Å². The number of benzene rings is 1. The van der Waals surface area contributed by atoms with Crippen molar-refractivity contribution in [2.24, 2.45) is 5.73 Å². The average Bonchev–Trinajstić information content (AvgIpc) is 3.06. The lowest BCUT2D eigenvalue weighted by molar-refractivity contribution is 0.115. The van der Waals surface area contributed by atoms with Gasteiger partial charge in [-0.1, -0.05) is 0 Å². The molecule has 1 aliphatic rings. The van der Waals surface area contributed by atoms with Crippen molar-refractivity contribution in [3.63, 3.8) is 0 Å². The van der Waals surface area contributed by atoms with E-state index in [0.717, 1.165) is 24.2 Å². The highest BCUT2D eigenvalue weighted by molar-refractivity contribution is 5.78. The van der Waals surface area contributed by atoms with E-state index >= 15 is 0 Å². The van der Waals surface area contributed by atoms with Crippen molar-refractivity contribution in [1.29, 1.82) is 0 Å². The molecule has 2 N–H and O–H groups in total. The van der Waals surface area contributed by atoms with E-state index in [4.69, 9.17) is 10.2 Å². The van der Waals surface area contributed by atoms with E-state index in [0.29, 0.717) is 5.58 Å². The molecule has 2 heterocycles. The summed E-state index contributed by atoms with van der Waals surface area (Å²) in [4.78, 5) is 2.41. The van der Waals surface area contributed by atoms with Gasteiger partial charge in [-0.3, -0.25) is 4.90 Å². The summed E-state index contributed by atoms with van der Waals surface area (Å²) < 4.78 is 19.1. The lowest BCUT2D eigenvalue weighted by Crippen LogP contribution is -2.49. The van der Waals surface area contributed by atoms with Crippen LogP contribution >= 0.6 is 0 Å². The molecule has 0 radical (unpaired) electrons. The van der Waals surface area contributed by atoms with Crippen LogP contribution in [0.1, 0.15) is 38.5 Å². The molecule has 20 heavy (non-hydrogen) atoms. The van der Waals surface area contributed by atoms with E-state index in [-0.39, 0.29) is 17.4 Å². The fourth-order valence-corrected chi connectivity index (χ4v) is 3.03. The minimum absolute atomic E-state index is 0.164. The van der Waals surface area contributed by atoms with Gasteiger partial charge in [0.05, 0.1) is 6.04 Å². The van der Waals surface area contributed by atoms with E-state index in [1.54, 1.807) is 6.07 Å². The van der Waals surface area contributed by atoms with Crippen LogP contribution in [0, 0.1) is 5.82 Å². The van der Waals surface area contributed by atoms with E-state index in [1.165, 1.54) is 25.0 Å². The normalized spacial score (nSPS) is 18.8. The van der Waals surface area contributed by atoms with Gasteiger partial charge in [0, 0.05) is 10.9 Å². The number of likely N-dealkylation sites (tertiary alicyclic amines) is 1. The first-order valence-electron chi connectivity index (χ1n) is 7.18. The molecule has 108 valence electrons. The number of halogens is 1. The maximum absolute atomic E-state index is 13.2. The standard InChI is InChI=1S/C16H21FN2O/c1-16(2,19-7-3-4-8-19)15(18)14-10-11-9-12(17)5-6-13(11)20-14/h5-6,9-10,15H,3-4,7-8,18H2,1-2H3. The Hall–Kier alpha value is -1.39. The molecule has 0 aliphatic carbocycles. The molecule has 0 amide bonds. The van der Waals surface area contributed by atoms with Gasteiger partial charge in [-0.2, -0.15) is 0 Å². The molecule has 3 rings (SSSR count). The van der Waals surface area contributed by atoms with Crippen LogP contribution in [0.4, 0.5) is 4.39 Å². The first kappa shape index (κ1) is 13.6. The van der Waals surface area contributed by atoms with Gasteiger partial charge in [0.2, 0.25) is 0 Å². The molecule has 1 fully saturated rings. The molecular formula is C16H21FN2O. The lowest BCUT2D eigenvalue weighted by Gasteiger charge is -2.39. The third kappa shape index (κ3) is 2.23. The summed E-state index contributed by atoms with van der Waals surface area (Å²) in [6.07, 6.45) is 2.45. The number of furan rings is 1. The van der Waals surface area contributed by atoms with Gasteiger partial charge in [-0.15, -0.1) is 0 Å². The van der Waals surface area contributed by atoms with Crippen LogP contribution in [0.2, 0.25) is 0 Å². The Morgan fingerprint density at radius 1 is 1.25 bits per heavy atom. The molecule has 0 spiro atoms. The minimum Gasteiger partial charge on any atom is -0.459 e. The summed E-state index contributed by atoms with van der Waals surface area (Å²) in [6, 6.07) is 6.19. The Balaban J connectivity index is 1.92. The zero-order valence-corrected chi connectivity index (χ0v) is 12.0. The largest absolute Gasteiger partial charge is 0.459 e. The average molecular weight is 276 g/mol. The van der Waals surface area contributed by atoms with Crippen molar-refractivity contribution in [3.8, 4) is 0 Å². The molecular weight excluding hydrogens is 255 g/mol. The van der Waals surface area contributed by atoms with Crippen LogP contribution in [-0.4, -0.2) is 23.5 Å². The SMILES string of the molecule is CC(C)(C(N)c1cc2cc(F)ccc2o1)N1CCCC1. The topological polar surface area (TPSA) is 42.4 Å². The van der Waals surface area contributed by atoms with Crippen molar-refractivity contribution in [2.45, 2.75) is 38.3 Å². The Morgan fingerprint density at radius 2 is 1.95 bits per heavy atom. The van der Waals surface area contributed by atoms with E-state index < -0.39 is 0 Å².